The number of fused-ring (bicyclic) bond motifs is 4. The zero-order valence-corrected chi connectivity index (χ0v) is 24.0. The van der Waals surface area contributed by atoms with E-state index in [1.807, 2.05) is 0 Å². The van der Waals surface area contributed by atoms with Crippen LogP contribution in [0.1, 0.15) is 81.0 Å². The molecule has 6 rings (SSSR count). The Morgan fingerprint density at radius 3 is 2.41 bits per heavy atom. The van der Waals surface area contributed by atoms with E-state index in [-0.39, 0.29) is 12.3 Å². The number of carbonyl (C=O) groups is 2. The van der Waals surface area contributed by atoms with Crippen molar-refractivity contribution in [2.24, 2.45) is 5.92 Å². The smallest absolute Gasteiger partial charge is 0.304 e. The molecule has 3 heterocycles. The molecule has 0 radical (unpaired) electrons. The van der Waals surface area contributed by atoms with Gasteiger partial charge >= 0.3 is 5.97 Å². The number of hydrogen-bond donors (Lipinski definition) is 4. The largest absolute Gasteiger partial charge is 0.481 e. The highest BCUT2D eigenvalue weighted by Gasteiger charge is 2.50. The average molecular weight is 530 g/mol. The maximum Gasteiger partial charge on any atom is 0.304 e. The van der Waals surface area contributed by atoms with Crippen LogP contribution in [0, 0.1) is 19.8 Å². The van der Waals surface area contributed by atoms with Crippen molar-refractivity contribution in [3.63, 3.8) is 0 Å². The van der Waals surface area contributed by atoms with Gasteiger partial charge in [-0.25, -0.2) is 0 Å². The lowest BCUT2D eigenvalue weighted by atomic mass is 9.63. The van der Waals surface area contributed by atoms with E-state index >= 15 is 0 Å². The second-order valence-corrected chi connectivity index (χ2v) is 12.7. The first-order valence-corrected chi connectivity index (χ1v) is 14.5. The molecule has 2 aliphatic heterocycles. The summed E-state index contributed by atoms with van der Waals surface area (Å²) in [4.78, 5) is 28.9. The predicted molar refractivity (Wildman–Crippen MR) is 157 cm³/mol. The van der Waals surface area contributed by atoms with Gasteiger partial charge in [-0.05, 0) is 113 Å². The molecule has 2 bridgehead atoms. The van der Waals surface area contributed by atoms with Gasteiger partial charge in [-0.2, -0.15) is 0 Å². The summed E-state index contributed by atoms with van der Waals surface area (Å²) in [6.07, 6.45) is 4.26. The second-order valence-electron chi connectivity index (χ2n) is 12.7. The van der Waals surface area contributed by atoms with Crippen LogP contribution in [0.15, 0.2) is 36.4 Å². The summed E-state index contributed by atoms with van der Waals surface area (Å²) < 4.78 is 0. The predicted octanol–water partition coefficient (Wildman–Crippen LogP) is 6.00. The number of Topliss-reactive ketones (excluding diaryl/α,β-unsaturated/α-hetero) is 1. The van der Waals surface area contributed by atoms with E-state index in [4.69, 9.17) is 5.11 Å². The lowest BCUT2D eigenvalue weighted by molar-refractivity contribution is -0.137. The molecule has 2 aromatic carbocycles. The van der Waals surface area contributed by atoms with Gasteiger partial charge in [-0.15, -0.1) is 0 Å². The molecule has 2 saturated heterocycles. The molecule has 208 valence electrons. The molecule has 1 aromatic heterocycles. The number of ketones is 1. The topological polar surface area (TPSA) is 94.2 Å². The van der Waals surface area contributed by atoms with Crippen molar-refractivity contribution >= 4 is 22.7 Å². The summed E-state index contributed by atoms with van der Waals surface area (Å²) in [5.41, 5.74) is 6.94. The van der Waals surface area contributed by atoms with Crippen LogP contribution < -0.4 is 10.6 Å². The molecule has 4 N–H and O–H groups in total. The van der Waals surface area contributed by atoms with Crippen LogP contribution in [-0.2, 0) is 15.0 Å². The van der Waals surface area contributed by atoms with Gasteiger partial charge in [-0.1, -0.05) is 30.2 Å². The third-order valence-electron chi connectivity index (χ3n) is 9.22. The van der Waals surface area contributed by atoms with Crippen molar-refractivity contribution in [2.45, 2.75) is 83.6 Å². The van der Waals surface area contributed by atoms with Crippen LogP contribution in [-0.4, -0.2) is 47.0 Å². The van der Waals surface area contributed by atoms with Gasteiger partial charge in [-0.3, -0.25) is 9.59 Å². The summed E-state index contributed by atoms with van der Waals surface area (Å²) in [7, 11) is 0. The van der Waals surface area contributed by atoms with Crippen molar-refractivity contribution in [3.05, 3.63) is 58.7 Å². The van der Waals surface area contributed by atoms with Gasteiger partial charge in [0.15, 0.2) is 5.78 Å². The number of aromatic nitrogens is 1. The number of carboxylic acids is 1. The Bertz CT molecular complexity index is 1360. The molecule has 1 saturated carbocycles. The number of aryl methyl sites for hydroxylation is 2. The molecule has 39 heavy (non-hydrogen) atoms. The minimum absolute atomic E-state index is 0.0987. The highest BCUT2D eigenvalue weighted by molar-refractivity contribution is 5.99. The molecule has 0 unspecified atom stereocenters. The summed E-state index contributed by atoms with van der Waals surface area (Å²) >= 11 is 0. The van der Waals surface area contributed by atoms with E-state index in [1.54, 1.807) is 0 Å². The Hall–Kier alpha value is -2.96. The third-order valence-corrected chi connectivity index (χ3v) is 9.22. The summed E-state index contributed by atoms with van der Waals surface area (Å²) in [6.45, 7) is 12.7. The SMILES string of the molecule is Cc1cc(C)cc(-c2[nH]c3ccc(C(C)(C)C(=O)C45CCC(CC4)CN5)cc3c2[C@H](C)CNCCC(=O)O)c1. The Morgan fingerprint density at radius 1 is 1.10 bits per heavy atom. The number of aromatic amines is 1. The fraction of sp³-hybridized carbons (Fsp3) is 0.515. The van der Waals surface area contributed by atoms with Crippen LogP contribution >= 0.6 is 0 Å². The molecule has 3 aliphatic rings. The monoisotopic (exact) mass is 529 g/mol. The number of benzene rings is 2. The van der Waals surface area contributed by atoms with Gasteiger partial charge in [0.25, 0.3) is 0 Å². The molecule has 0 amide bonds. The number of rotatable bonds is 10. The maximum absolute atomic E-state index is 14.2. The number of piperidine rings is 2. The maximum atomic E-state index is 14.2. The fourth-order valence-corrected chi connectivity index (χ4v) is 7.00. The second kappa shape index (κ2) is 10.5. The highest BCUT2D eigenvalue weighted by atomic mass is 16.4. The minimum atomic E-state index is -0.796. The van der Waals surface area contributed by atoms with Crippen molar-refractivity contribution < 1.29 is 14.7 Å². The molecule has 0 spiro atoms. The van der Waals surface area contributed by atoms with Crippen molar-refractivity contribution in [3.8, 4) is 11.3 Å². The Labute approximate surface area is 232 Å². The molecule has 3 aromatic rings. The van der Waals surface area contributed by atoms with Crippen LogP contribution in [0.2, 0.25) is 0 Å². The van der Waals surface area contributed by atoms with Crippen molar-refractivity contribution in [1.82, 2.24) is 15.6 Å². The van der Waals surface area contributed by atoms with E-state index in [2.05, 4.69) is 86.6 Å². The fourth-order valence-electron chi connectivity index (χ4n) is 7.00. The van der Waals surface area contributed by atoms with Crippen molar-refractivity contribution in [1.29, 1.82) is 0 Å². The van der Waals surface area contributed by atoms with Gasteiger partial charge in [0.05, 0.1) is 23.1 Å². The molecular formula is C33H43N3O3. The zero-order valence-electron chi connectivity index (χ0n) is 24.0. The summed E-state index contributed by atoms with van der Waals surface area (Å²) in [5, 5.41) is 17.2. The summed E-state index contributed by atoms with van der Waals surface area (Å²) in [6, 6.07) is 13.1. The summed E-state index contributed by atoms with van der Waals surface area (Å²) in [5.74, 6) is 0.361. The first kappa shape index (κ1) is 27.6. The van der Waals surface area contributed by atoms with Gasteiger partial charge in [0, 0.05) is 24.0 Å². The van der Waals surface area contributed by atoms with E-state index in [1.165, 1.54) is 16.7 Å². The number of hydrogen-bond acceptors (Lipinski definition) is 4. The van der Waals surface area contributed by atoms with Crippen LogP contribution in [0.4, 0.5) is 0 Å². The van der Waals surface area contributed by atoms with E-state index in [9.17, 15) is 9.59 Å². The van der Waals surface area contributed by atoms with Crippen molar-refractivity contribution in [2.75, 3.05) is 19.6 Å². The zero-order chi connectivity index (χ0) is 27.9. The first-order valence-electron chi connectivity index (χ1n) is 14.5. The Balaban J connectivity index is 1.56. The quantitative estimate of drug-likeness (QED) is 0.242. The molecule has 3 fully saturated rings. The average Bonchev–Trinajstić information content (AvgIpc) is 3.30. The van der Waals surface area contributed by atoms with Crippen LogP contribution in [0.5, 0.6) is 0 Å². The molecule has 6 nitrogen and oxygen atoms in total. The Kier molecular flexibility index (Phi) is 7.47. The lowest BCUT2D eigenvalue weighted by Gasteiger charge is -2.49. The Morgan fingerprint density at radius 2 is 1.79 bits per heavy atom. The van der Waals surface area contributed by atoms with Gasteiger partial charge < -0.3 is 20.7 Å². The van der Waals surface area contributed by atoms with Gasteiger partial charge in [0.2, 0.25) is 0 Å². The van der Waals surface area contributed by atoms with E-state index < -0.39 is 16.9 Å². The lowest BCUT2D eigenvalue weighted by Crippen LogP contribution is -2.64. The van der Waals surface area contributed by atoms with Crippen LogP contribution in [0.3, 0.4) is 0 Å². The number of carbonyl (C=O) groups excluding carboxylic acids is 1. The molecule has 1 atom stereocenters. The van der Waals surface area contributed by atoms with Crippen LogP contribution in [0.25, 0.3) is 22.2 Å². The number of nitrogens with one attached hydrogen (secondary N) is 3. The number of H-pyrrole nitrogens is 1. The molecular weight excluding hydrogens is 486 g/mol. The third kappa shape index (κ3) is 5.29. The highest BCUT2D eigenvalue weighted by Crippen LogP contribution is 2.43. The molecule has 1 aliphatic carbocycles. The van der Waals surface area contributed by atoms with E-state index in [0.717, 1.165) is 65.9 Å². The molecule has 6 heteroatoms. The first-order chi connectivity index (χ1) is 18.5. The minimum Gasteiger partial charge on any atom is -0.481 e. The number of carboxylic acid groups (broad SMARTS) is 1. The normalized spacial score (nSPS) is 21.8. The standard InChI is InChI=1S/C33H43N3O3/c1-20-14-21(2)16-24(15-20)30-29(22(3)18-34-13-10-28(37)38)26-17-25(6-7-27(26)36-30)32(4,5)31(39)33-11-8-23(9-12-33)19-35-33/h6-7,14-17,22-23,34-36H,8-13,18-19H2,1-5H3,(H,37,38)/t22-,23?,33?/m1/s1. The number of aliphatic carboxylic acids is 1. The van der Waals surface area contributed by atoms with Gasteiger partial charge in [0.1, 0.15) is 0 Å². The van der Waals surface area contributed by atoms with E-state index in [0.29, 0.717) is 18.9 Å².